The smallest absolute Gasteiger partial charge is 0.306 e. The molecule has 0 aromatic heterocycles. The number of benzene rings is 1. The Balaban J connectivity index is 1.86. The highest BCUT2D eigenvalue weighted by Crippen LogP contribution is 2.52. The zero-order chi connectivity index (χ0) is 14.6. The van der Waals surface area contributed by atoms with Gasteiger partial charge in [0.2, 0.25) is 0 Å². The van der Waals surface area contributed by atoms with Crippen LogP contribution in [0.1, 0.15) is 44.3 Å². The lowest BCUT2D eigenvalue weighted by atomic mass is 10.1. The molecule has 0 heterocycles. The summed E-state index contributed by atoms with van der Waals surface area (Å²) < 4.78 is 4.76. The predicted molar refractivity (Wildman–Crippen MR) is 80.7 cm³/mol. The van der Waals surface area contributed by atoms with Crippen LogP contribution >= 0.6 is 11.8 Å². The van der Waals surface area contributed by atoms with Gasteiger partial charge in [-0.25, -0.2) is 0 Å². The SMILES string of the molecule is CCC(O)c1ccc(SCC2(CC(=O)OC)CC2)cc1. The average molecular weight is 294 g/mol. The Morgan fingerprint density at radius 3 is 2.55 bits per heavy atom. The van der Waals surface area contributed by atoms with Crippen LogP contribution in [0.25, 0.3) is 0 Å². The fourth-order valence-electron chi connectivity index (χ4n) is 2.19. The van der Waals surface area contributed by atoms with Crippen molar-refractivity contribution in [2.24, 2.45) is 5.41 Å². The highest BCUT2D eigenvalue weighted by molar-refractivity contribution is 7.99. The Labute approximate surface area is 124 Å². The lowest BCUT2D eigenvalue weighted by Crippen LogP contribution is -2.12. The Bertz CT molecular complexity index is 451. The zero-order valence-corrected chi connectivity index (χ0v) is 12.9. The van der Waals surface area contributed by atoms with Crippen LogP contribution in [0.4, 0.5) is 0 Å². The van der Waals surface area contributed by atoms with Crippen molar-refractivity contribution < 1.29 is 14.6 Å². The van der Waals surface area contributed by atoms with E-state index in [2.05, 4.69) is 0 Å². The van der Waals surface area contributed by atoms with Gasteiger partial charge < -0.3 is 9.84 Å². The van der Waals surface area contributed by atoms with Crippen LogP contribution in [-0.4, -0.2) is 23.9 Å². The molecule has 3 nitrogen and oxygen atoms in total. The Morgan fingerprint density at radius 1 is 1.40 bits per heavy atom. The minimum atomic E-state index is -0.372. The molecule has 0 radical (unpaired) electrons. The summed E-state index contributed by atoms with van der Waals surface area (Å²) in [7, 11) is 1.45. The van der Waals surface area contributed by atoms with Gasteiger partial charge in [-0.3, -0.25) is 4.79 Å². The number of thioether (sulfide) groups is 1. The van der Waals surface area contributed by atoms with Gasteiger partial charge in [-0.1, -0.05) is 19.1 Å². The first-order valence-corrected chi connectivity index (χ1v) is 8.05. The lowest BCUT2D eigenvalue weighted by molar-refractivity contribution is -0.141. The van der Waals surface area contributed by atoms with Gasteiger partial charge in [0.05, 0.1) is 19.6 Å². The van der Waals surface area contributed by atoms with E-state index in [0.29, 0.717) is 6.42 Å². The van der Waals surface area contributed by atoms with Crippen molar-refractivity contribution in [3.8, 4) is 0 Å². The number of rotatable bonds is 7. The van der Waals surface area contributed by atoms with Gasteiger partial charge in [0.15, 0.2) is 0 Å². The minimum Gasteiger partial charge on any atom is -0.469 e. The van der Waals surface area contributed by atoms with Gasteiger partial charge in [-0.15, -0.1) is 11.8 Å². The maximum atomic E-state index is 11.4. The molecule has 20 heavy (non-hydrogen) atoms. The van der Waals surface area contributed by atoms with E-state index in [1.54, 1.807) is 11.8 Å². The fraction of sp³-hybridized carbons (Fsp3) is 0.562. The molecule has 0 aliphatic heterocycles. The molecule has 0 spiro atoms. The predicted octanol–water partition coefficient (Wildman–Crippen LogP) is 3.57. The molecule has 0 bridgehead atoms. The molecule has 1 atom stereocenters. The van der Waals surface area contributed by atoms with Crippen molar-refractivity contribution >= 4 is 17.7 Å². The third-order valence-electron chi connectivity index (χ3n) is 3.90. The third-order valence-corrected chi connectivity index (χ3v) is 5.26. The summed E-state index contributed by atoms with van der Waals surface area (Å²) in [6.45, 7) is 1.97. The van der Waals surface area contributed by atoms with E-state index < -0.39 is 0 Å². The molecular weight excluding hydrogens is 272 g/mol. The second-order valence-corrected chi connectivity index (χ2v) is 6.58. The van der Waals surface area contributed by atoms with Crippen molar-refractivity contribution in [3.63, 3.8) is 0 Å². The van der Waals surface area contributed by atoms with Gasteiger partial charge in [-0.2, -0.15) is 0 Å². The van der Waals surface area contributed by atoms with E-state index in [1.165, 1.54) is 12.0 Å². The van der Waals surface area contributed by atoms with Crippen molar-refractivity contribution in [2.45, 2.75) is 43.6 Å². The van der Waals surface area contributed by atoms with Gasteiger partial charge in [-0.05, 0) is 42.4 Å². The first-order valence-electron chi connectivity index (χ1n) is 7.06. The molecule has 1 aliphatic carbocycles. The Kier molecular flexibility index (Phi) is 5.11. The molecule has 1 unspecified atom stereocenters. The summed E-state index contributed by atoms with van der Waals surface area (Å²) in [5, 5.41) is 9.76. The van der Waals surface area contributed by atoms with Crippen molar-refractivity contribution in [2.75, 3.05) is 12.9 Å². The van der Waals surface area contributed by atoms with Gasteiger partial charge in [0.25, 0.3) is 0 Å². The van der Waals surface area contributed by atoms with E-state index in [1.807, 2.05) is 31.2 Å². The van der Waals surface area contributed by atoms with Crippen LogP contribution in [0, 0.1) is 5.41 Å². The number of esters is 1. The van der Waals surface area contributed by atoms with Crippen LogP contribution in [0.15, 0.2) is 29.2 Å². The quantitative estimate of drug-likeness (QED) is 0.617. The van der Waals surface area contributed by atoms with Crippen molar-refractivity contribution in [1.82, 2.24) is 0 Å². The number of methoxy groups -OCH3 is 1. The maximum absolute atomic E-state index is 11.4. The largest absolute Gasteiger partial charge is 0.469 e. The highest BCUT2D eigenvalue weighted by atomic mass is 32.2. The number of aliphatic hydroxyl groups excluding tert-OH is 1. The molecule has 2 rings (SSSR count). The molecular formula is C16H22O3S. The molecule has 1 aliphatic rings. The minimum absolute atomic E-state index is 0.107. The summed E-state index contributed by atoms with van der Waals surface area (Å²) in [6, 6.07) is 8.06. The van der Waals surface area contributed by atoms with Crippen LogP contribution in [0.2, 0.25) is 0 Å². The number of ether oxygens (including phenoxy) is 1. The number of carbonyl (C=O) groups is 1. The molecule has 4 heteroatoms. The summed E-state index contributed by atoms with van der Waals surface area (Å²) in [5.41, 5.74) is 1.12. The molecule has 0 amide bonds. The van der Waals surface area contributed by atoms with E-state index in [-0.39, 0.29) is 17.5 Å². The van der Waals surface area contributed by atoms with E-state index in [4.69, 9.17) is 4.74 Å². The summed E-state index contributed by atoms with van der Waals surface area (Å²) in [5.74, 6) is 0.849. The van der Waals surface area contributed by atoms with Crippen LogP contribution in [-0.2, 0) is 9.53 Å². The van der Waals surface area contributed by atoms with Crippen LogP contribution < -0.4 is 0 Å². The zero-order valence-electron chi connectivity index (χ0n) is 12.1. The number of carbonyl (C=O) groups excluding carboxylic acids is 1. The van der Waals surface area contributed by atoms with Gasteiger partial charge in [0, 0.05) is 10.6 Å². The summed E-state index contributed by atoms with van der Waals surface area (Å²) in [6.07, 6.45) is 3.12. The summed E-state index contributed by atoms with van der Waals surface area (Å²) >= 11 is 1.78. The Hall–Kier alpha value is -1.00. The van der Waals surface area contributed by atoms with Gasteiger partial charge >= 0.3 is 5.97 Å². The fourth-order valence-corrected chi connectivity index (χ4v) is 3.38. The molecule has 1 N–H and O–H groups in total. The molecule has 110 valence electrons. The van der Waals surface area contributed by atoms with Crippen molar-refractivity contribution in [1.29, 1.82) is 0 Å². The van der Waals surface area contributed by atoms with E-state index in [0.717, 1.165) is 30.6 Å². The number of aliphatic hydroxyl groups is 1. The van der Waals surface area contributed by atoms with Crippen LogP contribution in [0.5, 0.6) is 0 Å². The molecule has 1 aromatic rings. The second-order valence-electron chi connectivity index (χ2n) is 5.53. The first-order chi connectivity index (χ1) is 9.58. The number of hydrogen-bond acceptors (Lipinski definition) is 4. The van der Waals surface area contributed by atoms with E-state index in [9.17, 15) is 9.90 Å². The second kappa shape index (κ2) is 6.64. The normalized spacial score (nSPS) is 17.6. The van der Waals surface area contributed by atoms with Gasteiger partial charge in [0.1, 0.15) is 0 Å². The maximum Gasteiger partial charge on any atom is 0.306 e. The van der Waals surface area contributed by atoms with Crippen molar-refractivity contribution in [3.05, 3.63) is 29.8 Å². The molecule has 1 fully saturated rings. The number of hydrogen-bond donors (Lipinski definition) is 1. The van der Waals surface area contributed by atoms with Crippen LogP contribution in [0.3, 0.4) is 0 Å². The average Bonchev–Trinajstić information content (AvgIpc) is 3.24. The highest BCUT2D eigenvalue weighted by Gasteiger charge is 2.44. The topological polar surface area (TPSA) is 46.5 Å². The molecule has 0 saturated heterocycles. The summed E-state index contributed by atoms with van der Waals surface area (Å²) in [4.78, 5) is 12.6. The Morgan fingerprint density at radius 2 is 2.05 bits per heavy atom. The first kappa shape index (κ1) is 15.4. The molecule has 1 saturated carbocycles. The third kappa shape index (κ3) is 4.00. The standard InChI is InChI=1S/C16H22O3S/c1-3-14(17)12-4-6-13(7-5-12)20-11-16(8-9-16)10-15(18)19-2/h4-7,14,17H,3,8-11H2,1-2H3. The van der Waals surface area contributed by atoms with E-state index >= 15 is 0 Å². The molecule has 1 aromatic carbocycles. The lowest BCUT2D eigenvalue weighted by Gasteiger charge is -2.13. The monoisotopic (exact) mass is 294 g/mol.